The minimum absolute atomic E-state index is 0.0902. The second-order valence-electron chi connectivity index (χ2n) is 12.0. The lowest BCUT2D eigenvalue weighted by atomic mass is 9.86. The van der Waals surface area contributed by atoms with Crippen molar-refractivity contribution in [2.24, 2.45) is 17.8 Å². The first-order valence-corrected chi connectivity index (χ1v) is 15.6. The third-order valence-corrected chi connectivity index (χ3v) is 8.63. The summed E-state index contributed by atoms with van der Waals surface area (Å²) >= 11 is 0. The van der Waals surface area contributed by atoms with Crippen molar-refractivity contribution in [3.8, 4) is 0 Å². The molecule has 0 radical (unpaired) electrons. The molecule has 10 atom stereocenters. The number of aliphatic hydroxyl groups excluding tert-OH is 1. The summed E-state index contributed by atoms with van der Waals surface area (Å²) in [7, 11) is 1.56. The topological polar surface area (TPSA) is 110 Å². The summed E-state index contributed by atoms with van der Waals surface area (Å²) in [6.45, 7) is 12.7. The van der Waals surface area contributed by atoms with Gasteiger partial charge in [-0.1, -0.05) is 37.6 Å². The third kappa shape index (κ3) is 10.7. The summed E-state index contributed by atoms with van der Waals surface area (Å²) in [6.07, 6.45) is 8.13. The fourth-order valence-electron chi connectivity index (χ4n) is 5.97. The second kappa shape index (κ2) is 17.4. The molecule has 0 aromatic heterocycles. The van der Waals surface area contributed by atoms with Gasteiger partial charge in [0.1, 0.15) is 12.2 Å². The molecular weight excluding hydrogens is 540 g/mol. The summed E-state index contributed by atoms with van der Waals surface area (Å²) in [5.41, 5.74) is 0.878. The lowest BCUT2D eigenvalue weighted by molar-refractivity contribution is -0.253. The van der Waals surface area contributed by atoms with Crippen LogP contribution < -0.4 is 0 Å². The van der Waals surface area contributed by atoms with Gasteiger partial charge in [0.15, 0.2) is 12.1 Å². The standard InChI is InChI=1S/C33H52O9/c1-7-26-20-38-14-13-24-10-11-27(41-26)17-31(35)42-29(8-2)25(15-21(3)9-12-28(34)22(4)16-24)19-39-32-18-30(37-6)33(36)23(5)40-32/h7,9,12,15,22-27,29-30,32-33,36H,1,8,10-11,13-14,16-20H2,2-6H3/b12-9+,21-15+/t22-,23+,24?,25+,26?,27+,29-,30+,32+,33-/m0/s1. The molecule has 0 aliphatic carbocycles. The maximum atomic E-state index is 13.3. The predicted octanol–water partition coefficient (Wildman–Crippen LogP) is 4.71. The molecule has 0 saturated carbocycles. The van der Waals surface area contributed by atoms with Crippen LogP contribution in [0.1, 0.15) is 72.6 Å². The Kier molecular flexibility index (Phi) is 14.4. The summed E-state index contributed by atoms with van der Waals surface area (Å²) < 4.78 is 35.7. The van der Waals surface area contributed by atoms with E-state index in [4.69, 9.17) is 28.4 Å². The first-order valence-electron chi connectivity index (χ1n) is 15.6. The molecule has 0 spiro atoms. The van der Waals surface area contributed by atoms with Crippen LogP contribution in [0.5, 0.6) is 0 Å². The van der Waals surface area contributed by atoms with Crippen molar-refractivity contribution in [2.45, 2.75) is 116 Å². The third-order valence-electron chi connectivity index (χ3n) is 8.63. The number of esters is 1. The van der Waals surface area contributed by atoms with Crippen molar-refractivity contribution in [3.05, 3.63) is 36.5 Å². The molecule has 0 amide bonds. The maximum absolute atomic E-state index is 13.3. The van der Waals surface area contributed by atoms with Gasteiger partial charge in [0.05, 0.1) is 44.1 Å². The lowest BCUT2D eigenvalue weighted by Gasteiger charge is -2.37. The number of hydrogen-bond acceptors (Lipinski definition) is 9. The number of rotatable bonds is 6. The molecule has 9 heteroatoms. The zero-order valence-electron chi connectivity index (χ0n) is 26.1. The Bertz CT molecular complexity index is 930. The molecule has 2 bridgehead atoms. The van der Waals surface area contributed by atoms with Crippen LogP contribution in [0.15, 0.2) is 36.5 Å². The Morgan fingerprint density at radius 3 is 2.62 bits per heavy atom. The fourth-order valence-corrected chi connectivity index (χ4v) is 5.97. The molecule has 0 aromatic rings. The molecule has 3 heterocycles. The van der Waals surface area contributed by atoms with Gasteiger partial charge in [-0.05, 0) is 57.9 Å². The van der Waals surface area contributed by atoms with Crippen molar-refractivity contribution >= 4 is 11.8 Å². The summed E-state index contributed by atoms with van der Waals surface area (Å²) in [4.78, 5) is 26.4. The zero-order chi connectivity index (χ0) is 30.6. The molecule has 0 aromatic carbocycles. The van der Waals surface area contributed by atoms with Gasteiger partial charge in [0.2, 0.25) is 0 Å². The van der Waals surface area contributed by atoms with Gasteiger partial charge in [0.25, 0.3) is 0 Å². The first kappa shape index (κ1) is 34.6. The minimum Gasteiger partial charge on any atom is -0.462 e. The van der Waals surface area contributed by atoms with Crippen molar-refractivity contribution in [1.29, 1.82) is 0 Å². The zero-order valence-corrected chi connectivity index (χ0v) is 26.1. The Balaban J connectivity index is 1.84. The molecule has 2 unspecified atom stereocenters. The van der Waals surface area contributed by atoms with E-state index in [0.29, 0.717) is 32.5 Å². The van der Waals surface area contributed by atoms with Gasteiger partial charge in [-0.2, -0.15) is 0 Å². The van der Waals surface area contributed by atoms with Crippen LogP contribution in [0, 0.1) is 17.8 Å². The van der Waals surface area contributed by atoms with Gasteiger partial charge in [-0.3, -0.25) is 9.59 Å². The molecule has 3 rings (SSSR count). The fraction of sp³-hybridized carbons (Fsp3) is 0.758. The van der Waals surface area contributed by atoms with Crippen LogP contribution in [0.25, 0.3) is 0 Å². The highest BCUT2D eigenvalue weighted by molar-refractivity contribution is 5.91. The van der Waals surface area contributed by atoms with Crippen LogP contribution >= 0.6 is 0 Å². The molecule has 2 fully saturated rings. The summed E-state index contributed by atoms with van der Waals surface area (Å²) in [5, 5.41) is 10.3. The van der Waals surface area contributed by atoms with Gasteiger partial charge in [-0.15, -0.1) is 6.58 Å². The lowest BCUT2D eigenvalue weighted by Crippen LogP contribution is -2.48. The number of allylic oxidation sites excluding steroid dienone is 3. The van der Waals surface area contributed by atoms with Crippen LogP contribution in [0.4, 0.5) is 0 Å². The number of methoxy groups -OCH3 is 1. The molecule has 1 N–H and O–H groups in total. The number of cyclic esters (lactones) is 1. The Labute approximate surface area is 251 Å². The van der Waals surface area contributed by atoms with Gasteiger partial charge in [-0.25, -0.2) is 0 Å². The van der Waals surface area contributed by atoms with E-state index in [1.54, 1.807) is 26.2 Å². The smallest absolute Gasteiger partial charge is 0.308 e. The van der Waals surface area contributed by atoms with E-state index in [0.717, 1.165) is 24.8 Å². The maximum Gasteiger partial charge on any atom is 0.308 e. The Hall–Kier alpha value is -1.88. The van der Waals surface area contributed by atoms with E-state index in [1.807, 2.05) is 32.9 Å². The molecule has 3 aliphatic rings. The monoisotopic (exact) mass is 592 g/mol. The van der Waals surface area contributed by atoms with E-state index < -0.39 is 30.7 Å². The molecule has 2 saturated heterocycles. The van der Waals surface area contributed by atoms with Crippen LogP contribution in [0.2, 0.25) is 0 Å². The average Bonchev–Trinajstić information content (AvgIpc) is 2.97. The van der Waals surface area contributed by atoms with Crippen molar-refractivity contribution in [1.82, 2.24) is 0 Å². The molecule has 238 valence electrons. The summed E-state index contributed by atoms with van der Waals surface area (Å²) in [5.74, 6) is -0.363. The summed E-state index contributed by atoms with van der Waals surface area (Å²) in [6, 6.07) is 0. The number of fused-ring (bicyclic) bond motifs is 3. The molecule has 42 heavy (non-hydrogen) atoms. The largest absolute Gasteiger partial charge is 0.462 e. The highest BCUT2D eigenvalue weighted by atomic mass is 16.7. The van der Waals surface area contributed by atoms with Gasteiger partial charge < -0.3 is 33.5 Å². The van der Waals surface area contributed by atoms with E-state index in [1.165, 1.54) is 0 Å². The van der Waals surface area contributed by atoms with E-state index in [2.05, 4.69) is 6.58 Å². The molecule has 3 aliphatic heterocycles. The Morgan fingerprint density at radius 1 is 1.12 bits per heavy atom. The van der Waals surface area contributed by atoms with Crippen molar-refractivity contribution in [2.75, 3.05) is 26.9 Å². The average molecular weight is 593 g/mol. The van der Waals surface area contributed by atoms with Crippen molar-refractivity contribution < 1.29 is 43.1 Å². The quantitative estimate of drug-likeness (QED) is 0.346. The van der Waals surface area contributed by atoms with E-state index >= 15 is 0 Å². The number of carbonyl (C=O) groups excluding carboxylic acids is 2. The molecular formula is C33H52O9. The Morgan fingerprint density at radius 2 is 1.90 bits per heavy atom. The number of ether oxygens (including phenoxy) is 6. The number of ketones is 1. The number of aliphatic hydroxyl groups is 1. The van der Waals surface area contributed by atoms with Crippen LogP contribution in [-0.2, 0) is 38.0 Å². The van der Waals surface area contributed by atoms with Crippen LogP contribution in [-0.4, -0.2) is 86.7 Å². The second-order valence-corrected chi connectivity index (χ2v) is 12.0. The first-order chi connectivity index (χ1) is 20.1. The van der Waals surface area contributed by atoms with E-state index in [-0.39, 0.29) is 54.7 Å². The normalized spacial score (nSPS) is 40.0. The number of hydrogen-bond donors (Lipinski definition) is 1. The van der Waals surface area contributed by atoms with Crippen LogP contribution in [0.3, 0.4) is 0 Å². The minimum atomic E-state index is -0.735. The van der Waals surface area contributed by atoms with Gasteiger partial charge >= 0.3 is 5.97 Å². The van der Waals surface area contributed by atoms with Crippen molar-refractivity contribution in [3.63, 3.8) is 0 Å². The number of carbonyl (C=O) groups is 2. The molecule has 9 nitrogen and oxygen atoms in total. The highest BCUT2D eigenvalue weighted by Crippen LogP contribution is 2.28. The SMILES string of the molecule is C=CC1COCCC2CC[C@H](CC(=O)O[C@@H](CC)[C@@H](CO[C@H]3C[C@@H](OC)[C@@H](O)[C@@H](C)O3)/C=C(C)/C=C/C(=O)[C@@H](C)C2)O1. The van der Waals surface area contributed by atoms with E-state index in [9.17, 15) is 14.7 Å². The highest BCUT2D eigenvalue weighted by Gasteiger charge is 2.37. The predicted molar refractivity (Wildman–Crippen MR) is 159 cm³/mol. The van der Waals surface area contributed by atoms with Gasteiger partial charge in [0, 0.05) is 32.0 Å².